The van der Waals surface area contributed by atoms with Gasteiger partial charge in [-0.25, -0.2) is 0 Å². The topological polar surface area (TPSA) is 83.1 Å². The van der Waals surface area contributed by atoms with Gasteiger partial charge in [0.2, 0.25) is 0 Å². The maximum absolute atomic E-state index is 6.69. The van der Waals surface area contributed by atoms with Gasteiger partial charge in [0.25, 0.3) is 0 Å². The van der Waals surface area contributed by atoms with Gasteiger partial charge in [-0.2, -0.15) is 0 Å². The highest BCUT2D eigenvalue weighted by atomic mass is 16.5. The van der Waals surface area contributed by atoms with Crippen LogP contribution in [0.1, 0.15) is 33.4 Å². The van der Waals surface area contributed by atoms with Crippen molar-refractivity contribution in [2.24, 2.45) is 0 Å². The van der Waals surface area contributed by atoms with Crippen molar-refractivity contribution in [3.8, 4) is 63.2 Å². The molecule has 0 atom stereocenters. The molecular formula is C49H52O9. The molecule has 0 heterocycles. The van der Waals surface area contributed by atoms with Crippen LogP contribution in [-0.4, -0.2) is 49.8 Å². The van der Waals surface area contributed by atoms with Crippen molar-refractivity contribution >= 4 is 0 Å². The number of aryl methyl sites for hydroxylation is 6. The van der Waals surface area contributed by atoms with Gasteiger partial charge in [-0.05, 0) is 133 Å². The molecule has 0 spiro atoms. The molecule has 0 aliphatic rings. The molecular weight excluding hydrogens is 733 g/mol. The lowest BCUT2D eigenvalue weighted by Crippen LogP contribution is -2.01. The molecule has 9 heteroatoms. The van der Waals surface area contributed by atoms with E-state index < -0.39 is 0 Å². The SMILES string of the molecule is COc1ccc(CCc2cc(Oc3cc(CCc4ccc(OC)cc4)c(OC)cc3OC)cc(Oc3cc(CCc4ccc(OC)cc4)c(OC)cc3OC)c2)cc1. The minimum atomic E-state index is 0.550. The molecule has 6 aromatic carbocycles. The third-order valence-corrected chi connectivity index (χ3v) is 10.1. The molecule has 0 N–H and O–H groups in total. The van der Waals surface area contributed by atoms with Gasteiger partial charge in [-0.3, -0.25) is 0 Å². The molecule has 6 aromatic rings. The smallest absolute Gasteiger partial charge is 0.169 e. The molecule has 0 unspecified atom stereocenters. The highest BCUT2D eigenvalue weighted by Gasteiger charge is 2.18. The average molecular weight is 785 g/mol. The van der Waals surface area contributed by atoms with Crippen LogP contribution in [0.2, 0.25) is 0 Å². The Morgan fingerprint density at radius 1 is 0.259 bits per heavy atom. The van der Waals surface area contributed by atoms with Gasteiger partial charge < -0.3 is 42.6 Å². The van der Waals surface area contributed by atoms with Gasteiger partial charge in [0.05, 0.1) is 49.8 Å². The second-order valence-corrected chi connectivity index (χ2v) is 13.7. The maximum Gasteiger partial charge on any atom is 0.169 e. The molecule has 0 aliphatic heterocycles. The second kappa shape index (κ2) is 20.1. The molecule has 0 bridgehead atoms. The zero-order chi connectivity index (χ0) is 40.9. The Morgan fingerprint density at radius 2 is 0.586 bits per heavy atom. The summed E-state index contributed by atoms with van der Waals surface area (Å²) in [5, 5.41) is 0. The predicted octanol–water partition coefficient (Wildman–Crippen LogP) is 10.7. The third-order valence-electron chi connectivity index (χ3n) is 10.1. The largest absolute Gasteiger partial charge is 0.497 e. The summed E-state index contributed by atoms with van der Waals surface area (Å²) in [6.45, 7) is 0. The Labute approximate surface area is 341 Å². The van der Waals surface area contributed by atoms with Crippen molar-refractivity contribution in [3.05, 3.63) is 149 Å². The van der Waals surface area contributed by atoms with Crippen LogP contribution in [0.15, 0.2) is 115 Å². The van der Waals surface area contributed by atoms with Gasteiger partial charge in [-0.15, -0.1) is 0 Å². The molecule has 0 aromatic heterocycles. The molecule has 58 heavy (non-hydrogen) atoms. The summed E-state index contributed by atoms with van der Waals surface area (Å²) in [4.78, 5) is 0. The summed E-state index contributed by atoms with van der Waals surface area (Å²) in [6, 6.07) is 38.0. The maximum atomic E-state index is 6.69. The molecule has 302 valence electrons. The van der Waals surface area contributed by atoms with Crippen LogP contribution >= 0.6 is 0 Å². The predicted molar refractivity (Wildman–Crippen MR) is 227 cm³/mol. The van der Waals surface area contributed by atoms with Crippen molar-refractivity contribution in [1.82, 2.24) is 0 Å². The van der Waals surface area contributed by atoms with E-state index in [-0.39, 0.29) is 0 Å². The molecule has 0 fully saturated rings. The van der Waals surface area contributed by atoms with Crippen LogP contribution in [0.25, 0.3) is 0 Å². The molecule has 0 saturated carbocycles. The second-order valence-electron chi connectivity index (χ2n) is 13.7. The van der Waals surface area contributed by atoms with Gasteiger partial charge in [0.15, 0.2) is 23.0 Å². The summed E-state index contributed by atoms with van der Waals surface area (Å²) in [5.41, 5.74) is 6.57. The Kier molecular flexibility index (Phi) is 14.3. The van der Waals surface area contributed by atoms with Crippen LogP contribution in [-0.2, 0) is 38.5 Å². The summed E-state index contributed by atoms with van der Waals surface area (Å²) >= 11 is 0. The van der Waals surface area contributed by atoms with E-state index in [0.29, 0.717) is 34.5 Å². The van der Waals surface area contributed by atoms with Crippen LogP contribution in [0.5, 0.6) is 63.2 Å². The van der Waals surface area contributed by atoms with Crippen molar-refractivity contribution in [1.29, 1.82) is 0 Å². The molecule has 0 saturated heterocycles. The van der Waals surface area contributed by atoms with Crippen molar-refractivity contribution in [3.63, 3.8) is 0 Å². The van der Waals surface area contributed by atoms with Crippen LogP contribution in [0, 0.1) is 0 Å². The lowest BCUT2D eigenvalue weighted by molar-refractivity contribution is 0.362. The summed E-state index contributed by atoms with van der Waals surface area (Å²) < 4.78 is 52.7. The van der Waals surface area contributed by atoms with Gasteiger partial charge in [0, 0.05) is 18.2 Å². The van der Waals surface area contributed by atoms with Crippen LogP contribution in [0.3, 0.4) is 0 Å². The first-order valence-corrected chi connectivity index (χ1v) is 19.2. The monoisotopic (exact) mass is 784 g/mol. The zero-order valence-electron chi connectivity index (χ0n) is 34.4. The van der Waals surface area contributed by atoms with E-state index in [0.717, 1.165) is 84.0 Å². The van der Waals surface area contributed by atoms with E-state index in [1.807, 2.05) is 78.9 Å². The fourth-order valence-electron chi connectivity index (χ4n) is 6.79. The number of methoxy groups -OCH3 is 7. The Balaban J connectivity index is 1.31. The number of rotatable bonds is 20. The van der Waals surface area contributed by atoms with Gasteiger partial charge >= 0.3 is 0 Å². The standard InChI is InChI=1S/C49H52O9/c1-50-39-20-12-33(13-21-39)8-9-36-26-42(57-48-28-37(44(53-4)31-46(48)55-6)18-10-34-14-22-40(51-2)23-15-34)30-43(27-36)58-49-29-38(45(54-5)32-47(49)56-7)19-11-35-16-24-41(52-3)25-17-35/h12-17,20-32H,8-11,18-19H2,1-7H3. The van der Waals surface area contributed by atoms with Gasteiger partial charge in [0.1, 0.15) is 40.2 Å². The third kappa shape index (κ3) is 10.7. The van der Waals surface area contributed by atoms with E-state index in [4.69, 9.17) is 42.6 Å². The summed E-state index contributed by atoms with van der Waals surface area (Å²) in [5.74, 6) is 7.35. The quantitative estimate of drug-likeness (QED) is 0.0751. The lowest BCUT2D eigenvalue weighted by Gasteiger charge is -2.18. The summed E-state index contributed by atoms with van der Waals surface area (Å²) in [6.07, 6.45) is 4.59. The first-order chi connectivity index (χ1) is 28.3. The molecule has 0 amide bonds. The zero-order valence-corrected chi connectivity index (χ0v) is 34.4. The van der Waals surface area contributed by atoms with Crippen LogP contribution in [0.4, 0.5) is 0 Å². The molecule has 0 radical (unpaired) electrons. The normalized spacial score (nSPS) is 10.7. The van der Waals surface area contributed by atoms with Crippen molar-refractivity contribution in [2.75, 3.05) is 49.8 Å². The molecule has 9 nitrogen and oxygen atoms in total. The van der Waals surface area contributed by atoms with E-state index >= 15 is 0 Å². The van der Waals surface area contributed by atoms with E-state index in [9.17, 15) is 0 Å². The Bertz CT molecular complexity index is 2100. The first kappa shape index (κ1) is 41.2. The number of hydrogen-bond donors (Lipinski definition) is 0. The molecule has 6 rings (SSSR count). The molecule has 0 aliphatic carbocycles. The Morgan fingerprint density at radius 3 is 0.914 bits per heavy atom. The average Bonchev–Trinajstić information content (AvgIpc) is 3.27. The van der Waals surface area contributed by atoms with E-state index in [1.54, 1.807) is 49.8 Å². The highest BCUT2D eigenvalue weighted by Crippen LogP contribution is 2.42. The lowest BCUT2D eigenvalue weighted by atomic mass is 10.0. The van der Waals surface area contributed by atoms with Gasteiger partial charge in [-0.1, -0.05) is 36.4 Å². The summed E-state index contributed by atoms with van der Waals surface area (Å²) in [7, 11) is 11.6. The number of hydrogen-bond acceptors (Lipinski definition) is 9. The van der Waals surface area contributed by atoms with E-state index in [1.165, 1.54) is 16.7 Å². The fraction of sp³-hybridized carbons (Fsp3) is 0.265. The number of benzene rings is 6. The van der Waals surface area contributed by atoms with Crippen LogP contribution < -0.4 is 42.6 Å². The number of ether oxygens (including phenoxy) is 9. The van der Waals surface area contributed by atoms with Crippen molar-refractivity contribution < 1.29 is 42.6 Å². The minimum absolute atomic E-state index is 0.550. The van der Waals surface area contributed by atoms with Crippen molar-refractivity contribution in [2.45, 2.75) is 38.5 Å². The minimum Gasteiger partial charge on any atom is -0.497 e. The Hall–Kier alpha value is -6.48. The first-order valence-electron chi connectivity index (χ1n) is 19.2. The highest BCUT2D eigenvalue weighted by molar-refractivity contribution is 5.55. The fourth-order valence-corrected chi connectivity index (χ4v) is 6.79. The van der Waals surface area contributed by atoms with E-state index in [2.05, 4.69) is 36.4 Å².